The van der Waals surface area contributed by atoms with Gasteiger partial charge in [-0.25, -0.2) is 0 Å². The van der Waals surface area contributed by atoms with E-state index in [1.165, 1.54) is 38.5 Å². The first-order valence-corrected chi connectivity index (χ1v) is 15.0. The van der Waals surface area contributed by atoms with E-state index in [-0.39, 0.29) is 5.78 Å². The number of hydrogen-bond donors (Lipinski definition) is 3. The van der Waals surface area contributed by atoms with Crippen LogP contribution < -0.4 is 16.0 Å². The van der Waals surface area contributed by atoms with Crippen LogP contribution >= 0.6 is 0 Å². The van der Waals surface area contributed by atoms with Gasteiger partial charge in [-0.1, -0.05) is 50.5 Å². The minimum atomic E-state index is 0.137. The Morgan fingerprint density at radius 3 is 2.21 bits per heavy atom. The van der Waals surface area contributed by atoms with Gasteiger partial charge in [-0.05, 0) is 56.4 Å². The molecule has 0 saturated heterocycles. The quantitative estimate of drug-likeness (QED) is 0.159. The number of anilines is 3. The molecular formula is C30H46N6O3. The number of nitrogens with zero attached hydrogens (tertiary/aromatic N) is 3. The summed E-state index contributed by atoms with van der Waals surface area (Å²) < 4.78 is 10.9. The third-order valence-corrected chi connectivity index (χ3v) is 7.49. The molecule has 1 aromatic carbocycles. The minimum absolute atomic E-state index is 0.137. The largest absolute Gasteiger partial charge is 0.379 e. The number of carbonyl (C=O) groups is 1. The molecular weight excluding hydrogens is 492 g/mol. The van der Waals surface area contributed by atoms with E-state index in [9.17, 15) is 4.79 Å². The molecule has 0 amide bonds. The number of carbonyl (C=O) groups excluding carboxylic acids is 1. The molecule has 0 atom stereocenters. The summed E-state index contributed by atoms with van der Waals surface area (Å²) in [6.45, 7) is 6.08. The average molecular weight is 539 g/mol. The maximum Gasteiger partial charge on any atom is 0.229 e. The normalized spacial score (nSPS) is 16.0. The molecule has 39 heavy (non-hydrogen) atoms. The number of rotatable bonds is 18. The second-order valence-electron chi connectivity index (χ2n) is 10.8. The summed E-state index contributed by atoms with van der Waals surface area (Å²) in [5.41, 5.74) is 1.79. The van der Waals surface area contributed by atoms with Crippen LogP contribution in [-0.2, 0) is 16.0 Å². The number of ketones is 1. The highest BCUT2D eigenvalue weighted by Crippen LogP contribution is 2.25. The molecule has 2 aliphatic carbocycles. The van der Waals surface area contributed by atoms with E-state index < -0.39 is 0 Å². The van der Waals surface area contributed by atoms with Gasteiger partial charge >= 0.3 is 0 Å². The molecule has 2 aromatic rings. The molecule has 3 N–H and O–H groups in total. The van der Waals surface area contributed by atoms with Crippen molar-refractivity contribution in [3.8, 4) is 0 Å². The first-order chi connectivity index (χ1) is 19.2. The van der Waals surface area contributed by atoms with Crippen LogP contribution in [-0.4, -0.2) is 59.7 Å². The molecule has 1 heterocycles. The Hall–Kier alpha value is -2.78. The lowest BCUT2D eigenvalue weighted by Crippen LogP contribution is -2.28. The summed E-state index contributed by atoms with van der Waals surface area (Å²) in [5, 5.41) is 10.3. The van der Waals surface area contributed by atoms with Crippen LogP contribution in [0.3, 0.4) is 0 Å². The Morgan fingerprint density at radius 2 is 1.51 bits per heavy atom. The standard InChI is InChI=1S/C30H46N6O3/c1-2-17-38-19-20-39-18-7-12-27(37)25-15-13-24(14-16-25)22-32-29-34-28(31-21-23-8-4-3-5-9-23)35-30(36-29)33-26-10-6-11-26/h13-16,23,26H,2-12,17-22H2,1H3,(H3,31,32,33,34,35,36). The van der Waals surface area contributed by atoms with Crippen molar-refractivity contribution in [3.63, 3.8) is 0 Å². The maximum absolute atomic E-state index is 12.5. The van der Waals surface area contributed by atoms with Gasteiger partial charge in [-0.3, -0.25) is 4.79 Å². The van der Waals surface area contributed by atoms with Gasteiger partial charge in [0.15, 0.2) is 5.78 Å². The van der Waals surface area contributed by atoms with Crippen molar-refractivity contribution < 1.29 is 14.3 Å². The van der Waals surface area contributed by atoms with Gasteiger partial charge < -0.3 is 25.4 Å². The number of aromatic nitrogens is 3. The van der Waals surface area contributed by atoms with Crippen molar-refractivity contribution in [1.82, 2.24) is 15.0 Å². The predicted octanol–water partition coefficient (Wildman–Crippen LogP) is 5.85. The smallest absolute Gasteiger partial charge is 0.229 e. The van der Waals surface area contributed by atoms with Gasteiger partial charge in [-0.2, -0.15) is 15.0 Å². The zero-order valence-electron chi connectivity index (χ0n) is 23.6. The number of ether oxygens (including phenoxy) is 2. The van der Waals surface area contributed by atoms with Crippen LogP contribution in [0, 0.1) is 5.92 Å². The summed E-state index contributed by atoms with van der Waals surface area (Å²) in [5.74, 6) is 2.63. The van der Waals surface area contributed by atoms with Gasteiger partial charge in [0.05, 0.1) is 13.2 Å². The van der Waals surface area contributed by atoms with E-state index in [2.05, 4.69) is 37.8 Å². The van der Waals surface area contributed by atoms with E-state index >= 15 is 0 Å². The second kappa shape index (κ2) is 16.4. The van der Waals surface area contributed by atoms with Gasteiger partial charge in [-0.15, -0.1) is 0 Å². The molecule has 0 unspecified atom stereocenters. The molecule has 4 rings (SSSR count). The van der Waals surface area contributed by atoms with Crippen molar-refractivity contribution in [1.29, 1.82) is 0 Å². The molecule has 2 aliphatic rings. The molecule has 2 fully saturated rings. The van der Waals surface area contributed by atoms with Crippen LogP contribution in [0.1, 0.15) is 93.5 Å². The van der Waals surface area contributed by atoms with E-state index in [1.54, 1.807) is 0 Å². The van der Waals surface area contributed by atoms with Crippen molar-refractivity contribution in [2.75, 3.05) is 48.9 Å². The molecule has 2 saturated carbocycles. The Balaban J connectivity index is 1.24. The fourth-order valence-electron chi connectivity index (χ4n) is 4.90. The Morgan fingerprint density at radius 1 is 0.821 bits per heavy atom. The zero-order valence-corrected chi connectivity index (χ0v) is 23.6. The van der Waals surface area contributed by atoms with Crippen molar-refractivity contribution in [2.24, 2.45) is 5.92 Å². The number of hydrogen-bond acceptors (Lipinski definition) is 9. The Labute approximate surface area is 233 Å². The van der Waals surface area contributed by atoms with Crippen LogP contribution in [0.5, 0.6) is 0 Å². The van der Waals surface area contributed by atoms with E-state index in [0.29, 0.717) is 69.0 Å². The molecule has 0 bridgehead atoms. The van der Waals surface area contributed by atoms with Gasteiger partial charge in [0.2, 0.25) is 17.8 Å². The van der Waals surface area contributed by atoms with E-state index in [4.69, 9.17) is 9.47 Å². The van der Waals surface area contributed by atoms with Crippen molar-refractivity contribution >= 4 is 23.6 Å². The summed E-state index contributed by atoms with van der Waals surface area (Å²) in [7, 11) is 0. The zero-order chi connectivity index (χ0) is 27.1. The van der Waals surface area contributed by atoms with Crippen molar-refractivity contribution in [3.05, 3.63) is 35.4 Å². The lowest BCUT2D eigenvalue weighted by molar-refractivity contribution is 0.0463. The number of Topliss-reactive ketones (excluding diaryl/α,β-unsaturated/α-hetero) is 1. The van der Waals surface area contributed by atoms with Crippen molar-refractivity contribution in [2.45, 2.75) is 90.1 Å². The average Bonchev–Trinajstić information content (AvgIpc) is 2.95. The lowest BCUT2D eigenvalue weighted by atomic mass is 9.89. The second-order valence-corrected chi connectivity index (χ2v) is 10.8. The first-order valence-electron chi connectivity index (χ1n) is 15.0. The molecule has 0 radical (unpaired) electrons. The third kappa shape index (κ3) is 10.4. The Kier molecular flexibility index (Phi) is 12.2. The first kappa shape index (κ1) is 29.2. The molecule has 9 heteroatoms. The topological polar surface area (TPSA) is 110 Å². The molecule has 214 valence electrons. The SMILES string of the molecule is CCCOCCOCCCC(=O)c1ccc(CNc2nc(NCC3CCCCC3)nc(NC3CCC3)n2)cc1. The van der Waals surface area contributed by atoms with Gasteiger partial charge in [0, 0.05) is 44.3 Å². The van der Waals surface area contributed by atoms with Gasteiger partial charge in [0.25, 0.3) is 0 Å². The third-order valence-electron chi connectivity index (χ3n) is 7.49. The van der Waals surface area contributed by atoms with Crippen LogP contribution in [0.15, 0.2) is 24.3 Å². The monoisotopic (exact) mass is 538 g/mol. The highest BCUT2D eigenvalue weighted by Gasteiger charge is 2.19. The van der Waals surface area contributed by atoms with E-state index in [0.717, 1.165) is 43.5 Å². The lowest BCUT2D eigenvalue weighted by Gasteiger charge is -2.26. The summed E-state index contributed by atoms with van der Waals surface area (Å²) >= 11 is 0. The fraction of sp³-hybridized carbons (Fsp3) is 0.667. The molecule has 1 aromatic heterocycles. The summed E-state index contributed by atoms with van der Waals surface area (Å²) in [6, 6.07) is 8.21. The molecule has 9 nitrogen and oxygen atoms in total. The fourth-order valence-corrected chi connectivity index (χ4v) is 4.90. The minimum Gasteiger partial charge on any atom is -0.379 e. The number of nitrogens with one attached hydrogen (secondary N) is 3. The predicted molar refractivity (Wildman–Crippen MR) is 155 cm³/mol. The van der Waals surface area contributed by atoms with Crippen LogP contribution in [0.4, 0.5) is 17.8 Å². The summed E-state index contributed by atoms with van der Waals surface area (Å²) in [6.07, 6.45) is 12.3. The van der Waals surface area contributed by atoms with Crippen LogP contribution in [0.25, 0.3) is 0 Å². The molecule has 0 spiro atoms. The highest BCUT2D eigenvalue weighted by atomic mass is 16.5. The number of benzene rings is 1. The summed E-state index contributed by atoms with van der Waals surface area (Å²) in [4.78, 5) is 26.4. The Bertz CT molecular complexity index is 993. The van der Waals surface area contributed by atoms with Gasteiger partial charge in [0.1, 0.15) is 0 Å². The maximum atomic E-state index is 12.5. The molecule has 0 aliphatic heterocycles. The highest BCUT2D eigenvalue weighted by molar-refractivity contribution is 5.96. The van der Waals surface area contributed by atoms with E-state index in [1.807, 2.05) is 24.3 Å². The van der Waals surface area contributed by atoms with Crippen LogP contribution in [0.2, 0.25) is 0 Å².